The average Bonchev–Trinajstić information content (AvgIpc) is 3.93. The minimum absolute atomic E-state index is 0.343. The summed E-state index contributed by atoms with van der Waals surface area (Å²) in [4.78, 5) is 60.8. The SMILES string of the molecule is CC(C)(C)OC(=O)Oc1ccc2c(c1)c(CBr)cn2C(=O)OC(C)(C)C.Cc1cn(C(=O)OC(C)(C)C)c2ccc(OC(=O)OC(C)(C)C)cc12.Cc1cn(C(=O)OC(C)(C)C)c2ccc(OCc3ccccc3)cc12. The third kappa shape index (κ3) is 17.7. The van der Waals surface area contributed by atoms with E-state index in [-0.39, 0.29) is 6.09 Å². The van der Waals surface area contributed by atoms with Crippen LogP contribution in [0.25, 0.3) is 32.7 Å². The first-order valence-corrected chi connectivity index (χ1v) is 25.8. The van der Waals surface area contributed by atoms with Crippen molar-refractivity contribution < 1.29 is 61.9 Å². The van der Waals surface area contributed by atoms with Crippen LogP contribution in [0, 0.1) is 13.8 Å². The molecular weight excluding hydrogens is 1040 g/mol. The van der Waals surface area contributed by atoms with E-state index in [1.54, 1.807) is 101 Å². The van der Waals surface area contributed by atoms with Gasteiger partial charge in [0.15, 0.2) is 0 Å². The lowest BCUT2D eigenvalue weighted by Gasteiger charge is -2.20. The van der Waals surface area contributed by atoms with Crippen molar-refractivity contribution in [2.45, 2.75) is 158 Å². The summed E-state index contributed by atoms with van der Waals surface area (Å²) in [5.41, 5.74) is 3.07. The van der Waals surface area contributed by atoms with Crippen LogP contribution in [0.4, 0.5) is 24.0 Å². The molecular formula is C59H72BrN3O13. The fourth-order valence-electron chi connectivity index (χ4n) is 7.21. The van der Waals surface area contributed by atoms with E-state index in [1.807, 2.05) is 125 Å². The number of hydrogen-bond donors (Lipinski definition) is 0. The lowest BCUT2D eigenvalue weighted by Crippen LogP contribution is -2.26. The zero-order valence-electron chi connectivity index (χ0n) is 46.8. The number of halogens is 1. The van der Waals surface area contributed by atoms with Gasteiger partial charge in [0.1, 0.15) is 51.9 Å². The highest BCUT2D eigenvalue weighted by atomic mass is 79.9. The maximum absolute atomic E-state index is 12.4. The minimum Gasteiger partial charge on any atom is -0.489 e. The third-order valence-electron chi connectivity index (χ3n) is 10.2. The molecule has 0 aliphatic rings. The molecule has 7 rings (SSSR count). The largest absolute Gasteiger partial charge is 0.514 e. The maximum Gasteiger partial charge on any atom is 0.514 e. The number of carbonyl (C=O) groups excluding carboxylic acids is 5. The van der Waals surface area contributed by atoms with Crippen LogP contribution in [0.2, 0.25) is 0 Å². The molecule has 3 aromatic heterocycles. The van der Waals surface area contributed by atoms with Crippen molar-refractivity contribution in [3.05, 3.63) is 126 Å². The van der Waals surface area contributed by atoms with Gasteiger partial charge >= 0.3 is 30.6 Å². The predicted octanol–water partition coefficient (Wildman–Crippen LogP) is 16.0. The van der Waals surface area contributed by atoms with Crippen LogP contribution in [0.3, 0.4) is 0 Å². The van der Waals surface area contributed by atoms with E-state index in [4.69, 9.17) is 37.9 Å². The van der Waals surface area contributed by atoms with Gasteiger partial charge in [-0.1, -0.05) is 46.3 Å². The highest BCUT2D eigenvalue weighted by Crippen LogP contribution is 2.31. The van der Waals surface area contributed by atoms with E-state index >= 15 is 0 Å². The molecule has 0 saturated carbocycles. The van der Waals surface area contributed by atoms with E-state index in [2.05, 4.69) is 15.9 Å². The summed E-state index contributed by atoms with van der Waals surface area (Å²) in [6.07, 6.45) is 2.39. The van der Waals surface area contributed by atoms with E-state index in [0.717, 1.165) is 49.7 Å². The Balaban J connectivity index is 0.000000211. The van der Waals surface area contributed by atoms with Crippen molar-refractivity contribution in [1.82, 2.24) is 13.7 Å². The van der Waals surface area contributed by atoms with Gasteiger partial charge in [0.25, 0.3) is 0 Å². The van der Waals surface area contributed by atoms with Crippen molar-refractivity contribution in [3.63, 3.8) is 0 Å². The second kappa shape index (κ2) is 23.7. The van der Waals surface area contributed by atoms with Crippen LogP contribution >= 0.6 is 15.9 Å². The molecule has 16 nitrogen and oxygen atoms in total. The number of alkyl halides is 1. The van der Waals surface area contributed by atoms with E-state index in [0.29, 0.717) is 34.5 Å². The number of rotatable bonds is 6. The van der Waals surface area contributed by atoms with Gasteiger partial charge in [-0.25, -0.2) is 24.0 Å². The molecule has 408 valence electrons. The maximum atomic E-state index is 12.4. The number of ether oxygens (including phenoxy) is 8. The van der Waals surface area contributed by atoms with Gasteiger partial charge < -0.3 is 37.9 Å². The fraction of sp³-hybridized carbons (Fsp3) is 0.407. The molecule has 17 heteroatoms. The van der Waals surface area contributed by atoms with Gasteiger partial charge in [-0.3, -0.25) is 13.7 Å². The fourth-order valence-corrected chi connectivity index (χ4v) is 7.66. The lowest BCUT2D eigenvalue weighted by atomic mass is 10.2. The molecule has 0 bridgehead atoms. The number of benzene rings is 4. The minimum atomic E-state index is -0.774. The average molecular weight is 1110 g/mol. The molecule has 76 heavy (non-hydrogen) atoms. The van der Waals surface area contributed by atoms with Crippen molar-refractivity contribution in [2.24, 2.45) is 0 Å². The summed E-state index contributed by atoms with van der Waals surface area (Å²) in [5, 5.41) is 3.10. The molecule has 0 radical (unpaired) electrons. The third-order valence-corrected chi connectivity index (χ3v) is 10.8. The smallest absolute Gasteiger partial charge is 0.489 e. The van der Waals surface area contributed by atoms with Gasteiger partial charge in [0.05, 0.1) is 16.6 Å². The highest BCUT2D eigenvalue weighted by Gasteiger charge is 2.25. The van der Waals surface area contributed by atoms with Crippen LogP contribution in [-0.4, -0.2) is 72.3 Å². The quantitative estimate of drug-likeness (QED) is 0.0666. The Bertz CT molecular complexity index is 3200. The first kappa shape index (κ1) is 59.6. The zero-order chi connectivity index (χ0) is 56.7. The molecule has 0 atom stereocenters. The van der Waals surface area contributed by atoms with Gasteiger partial charge in [0, 0.05) is 40.1 Å². The van der Waals surface area contributed by atoms with Gasteiger partial charge in [-0.15, -0.1) is 0 Å². The Kier molecular flexibility index (Phi) is 18.6. The molecule has 0 spiro atoms. The summed E-state index contributed by atoms with van der Waals surface area (Å²) in [6, 6.07) is 25.8. The predicted molar refractivity (Wildman–Crippen MR) is 297 cm³/mol. The molecule has 0 fully saturated rings. The van der Waals surface area contributed by atoms with Gasteiger partial charge in [-0.05, 0) is 195 Å². The first-order valence-electron chi connectivity index (χ1n) is 24.7. The second-order valence-corrected chi connectivity index (χ2v) is 23.5. The molecule has 0 aliphatic carbocycles. The molecule has 0 aliphatic heterocycles. The van der Waals surface area contributed by atoms with Gasteiger partial charge in [-0.2, -0.15) is 0 Å². The Morgan fingerprint density at radius 2 is 0.776 bits per heavy atom. The normalized spacial score (nSPS) is 11.9. The number of aromatic nitrogens is 3. The number of aryl methyl sites for hydroxylation is 2. The van der Waals surface area contributed by atoms with Crippen LogP contribution in [0.15, 0.2) is 104 Å². The lowest BCUT2D eigenvalue weighted by molar-refractivity contribution is 0.0193. The monoisotopic (exact) mass is 1110 g/mol. The second-order valence-electron chi connectivity index (χ2n) is 22.9. The van der Waals surface area contributed by atoms with Crippen LogP contribution < -0.4 is 14.2 Å². The Labute approximate surface area is 453 Å². The first-order chi connectivity index (χ1) is 35.1. The number of hydrogen-bond acceptors (Lipinski definition) is 13. The van der Waals surface area contributed by atoms with Crippen LogP contribution in [-0.2, 0) is 35.6 Å². The topological polar surface area (TPSA) is 174 Å². The van der Waals surface area contributed by atoms with E-state index in [1.165, 1.54) is 9.13 Å². The molecule has 0 saturated heterocycles. The van der Waals surface area contributed by atoms with Crippen LogP contribution in [0.1, 0.15) is 126 Å². The summed E-state index contributed by atoms with van der Waals surface area (Å²) in [6.45, 7) is 31.4. The molecule has 0 amide bonds. The number of fused-ring (bicyclic) bond motifs is 3. The molecule has 3 heterocycles. The number of nitrogens with zero attached hydrogens (tertiary/aromatic N) is 3. The zero-order valence-corrected chi connectivity index (χ0v) is 48.3. The van der Waals surface area contributed by atoms with Crippen molar-refractivity contribution >= 4 is 79.2 Å². The molecule has 4 aromatic carbocycles. The highest BCUT2D eigenvalue weighted by molar-refractivity contribution is 9.08. The summed E-state index contributed by atoms with van der Waals surface area (Å²) >= 11 is 3.42. The Hall–Kier alpha value is -7.27. The summed E-state index contributed by atoms with van der Waals surface area (Å²) in [7, 11) is 0. The number of carbonyl (C=O) groups is 5. The van der Waals surface area contributed by atoms with Crippen molar-refractivity contribution in [3.8, 4) is 17.2 Å². The molecule has 0 unspecified atom stereocenters. The van der Waals surface area contributed by atoms with Crippen molar-refractivity contribution in [2.75, 3.05) is 0 Å². The van der Waals surface area contributed by atoms with E-state index in [9.17, 15) is 24.0 Å². The molecule has 0 N–H and O–H groups in total. The Morgan fingerprint density at radius 3 is 1.16 bits per heavy atom. The molecule has 7 aromatic rings. The van der Waals surface area contributed by atoms with Crippen molar-refractivity contribution in [1.29, 1.82) is 0 Å². The van der Waals surface area contributed by atoms with Crippen LogP contribution in [0.5, 0.6) is 17.2 Å². The summed E-state index contributed by atoms with van der Waals surface area (Å²) in [5.74, 6) is 1.48. The van der Waals surface area contributed by atoms with E-state index < -0.39 is 52.5 Å². The standard InChI is InChI=1S/C21H23NO3.C19H24BrNO5.C19H25NO5/c1-15-13-22(20(23)25-21(2,3)4)19-11-10-17(12-18(15)19)24-14-16-8-6-5-7-9-16;1-18(2,3)25-16(22)21-11-12(10-20)14-9-13(7-8-15(14)21)24-17(23)26-19(4,5)6;1-12-11-20(16(21)24-18(2,3)4)15-9-8-13(10-14(12)15)23-17(22)25-19(5,6)7/h5-13H,14H2,1-4H3;7-9,11H,10H2,1-6H3;8-11H,1-7H3. The Morgan fingerprint density at radius 1 is 0.434 bits per heavy atom. The summed E-state index contributed by atoms with van der Waals surface area (Å²) < 4.78 is 47.4. The van der Waals surface area contributed by atoms with Gasteiger partial charge in [0.2, 0.25) is 0 Å².